The lowest BCUT2D eigenvalue weighted by atomic mass is 10.3. The third-order valence-corrected chi connectivity index (χ3v) is 2.52. The Morgan fingerprint density at radius 3 is 2.44 bits per heavy atom. The van der Waals surface area contributed by atoms with Crippen LogP contribution in [0, 0.1) is 0 Å². The Labute approximate surface area is 103 Å². The Morgan fingerprint density at radius 2 is 1.67 bits per heavy atom. The Hall–Kier alpha value is -2.76. The minimum atomic E-state index is 0.519. The molecule has 0 amide bonds. The molecule has 5 N–H and O–H groups in total. The van der Waals surface area contributed by atoms with Gasteiger partial charge in [-0.25, -0.2) is 4.52 Å². The summed E-state index contributed by atoms with van der Waals surface area (Å²) in [7, 11) is 0. The van der Waals surface area contributed by atoms with Crippen molar-refractivity contribution < 1.29 is 0 Å². The fraction of sp³-hybridized carbons (Fsp3) is 0. The van der Waals surface area contributed by atoms with Gasteiger partial charge in [0.2, 0.25) is 5.95 Å². The van der Waals surface area contributed by atoms with Crippen molar-refractivity contribution in [1.29, 1.82) is 0 Å². The van der Waals surface area contributed by atoms with Crippen molar-refractivity contribution in [2.24, 2.45) is 0 Å². The highest BCUT2D eigenvalue weighted by molar-refractivity contribution is 5.59. The van der Waals surface area contributed by atoms with Gasteiger partial charge in [-0.15, -0.1) is 5.10 Å². The van der Waals surface area contributed by atoms with Crippen LogP contribution in [0.5, 0.6) is 0 Å². The molecule has 3 aromatic rings. The van der Waals surface area contributed by atoms with Crippen LogP contribution >= 0.6 is 0 Å². The molecule has 0 fully saturated rings. The van der Waals surface area contributed by atoms with Crippen LogP contribution in [-0.4, -0.2) is 14.6 Å². The summed E-state index contributed by atoms with van der Waals surface area (Å²) in [5.74, 6) is 0.519. The summed E-state index contributed by atoms with van der Waals surface area (Å²) in [6, 6.07) is 11.0. The van der Waals surface area contributed by atoms with E-state index in [0.29, 0.717) is 11.6 Å². The minimum absolute atomic E-state index is 0.519. The first-order valence-electron chi connectivity index (χ1n) is 5.45. The average molecular weight is 240 g/mol. The number of nitrogens with one attached hydrogen (secondary N) is 1. The maximum Gasteiger partial charge on any atom is 0.247 e. The second kappa shape index (κ2) is 3.92. The molecule has 0 unspecified atom stereocenters. The zero-order valence-electron chi connectivity index (χ0n) is 9.54. The van der Waals surface area contributed by atoms with E-state index in [1.54, 1.807) is 16.8 Å². The van der Waals surface area contributed by atoms with Crippen LogP contribution in [-0.2, 0) is 0 Å². The number of benzene rings is 1. The van der Waals surface area contributed by atoms with Gasteiger partial charge in [0.1, 0.15) is 0 Å². The zero-order valence-corrected chi connectivity index (χ0v) is 9.54. The predicted molar refractivity (Wildman–Crippen MR) is 71.5 cm³/mol. The summed E-state index contributed by atoms with van der Waals surface area (Å²) in [6.07, 6.45) is 1.72. The Balaban J connectivity index is 1.92. The van der Waals surface area contributed by atoms with E-state index in [0.717, 1.165) is 17.0 Å². The highest BCUT2D eigenvalue weighted by Gasteiger charge is 2.03. The third kappa shape index (κ3) is 1.91. The lowest BCUT2D eigenvalue weighted by Gasteiger charge is -2.00. The molecule has 0 spiro atoms. The maximum atomic E-state index is 5.68. The SMILES string of the molecule is Nc1ccc(Nc2nc3ccc(N)cn3n2)cc1. The molecule has 6 heteroatoms. The number of nitrogens with zero attached hydrogens (tertiary/aromatic N) is 3. The van der Waals surface area contributed by atoms with Gasteiger partial charge in [-0.05, 0) is 36.4 Å². The Kier molecular flexibility index (Phi) is 2.26. The summed E-state index contributed by atoms with van der Waals surface area (Å²) in [6.45, 7) is 0. The van der Waals surface area contributed by atoms with Gasteiger partial charge in [0.05, 0.1) is 11.9 Å². The molecule has 2 heterocycles. The molecule has 1 aromatic carbocycles. The molecule has 0 aliphatic heterocycles. The smallest absolute Gasteiger partial charge is 0.247 e. The topological polar surface area (TPSA) is 94.3 Å². The zero-order chi connectivity index (χ0) is 12.5. The van der Waals surface area contributed by atoms with E-state index in [1.165, 1.54) is 0 Å². The number of pyridine rings is 1. The molecule has 0 radical (unpaired) electrons. The Bertz CT molecular complexity index is 685. The summed E-state index contributed by atoms with van der Waals surface area (Å²) in [5, 5.41) is 7.38. The average Bonchev–Trinajstić information content (AvgIpc) is 2.73. The number of anilines is 4. The number of nitrogens with two attached hydrogens (primary N) is 2. The second-order valence-electron chi connectivity index (χ2n) is 3.95. The van der Waals surface area contributed by atoms with Crippen molar-refractivity contribution >= 4 is 28.7 Å². The minimum Gasteiger partial charge on any atom is -0.399 e. The molecule has 0 aliphatic rings. The van der Waals surface area contributed by atoms with Crippen molar-refractivity contribution in [1.82, 2.24) is 14.6 Å². The van der Waals surface area contributed by atoms with Gasteiger partial charge < -0.3 is 16.8 Å². The highest BCUT2D eigenvalue weighted by Crippen LogP contribution is 2.16. The van der Waals surface area contributed by atoms with E-state index in [-0.39, 0.29) is 0 Å². The molecule has 90 valence electrons. The maximum absolute atomic E-state index is 5.68. The summed E-state index contributed by atoms with van der Waals surface area (Å²) < 4.78 is 1.63. The van der Waals surface area contributed by atoms with Crippen LogP contribution in [0.1, 0.15) is 0 Å². The molecule has 2 aromatic heterocycles. The lowest BCUT2D eigenvalue weighted by Crippen LogP contribution is -1.94. The molecule has 0 aliphatic carbocycles. The molecule has 0 saturated heterocycles. The van der Waals surface area contributed by atoms with Gasteiger partial charge in [0.25, 0.3) is 0 Å². The molecule has 6 nitrogen and oxygen atoms in total. The van der Waals surface area contributed by atoms with Crippen LogP contribution in [0.25, 0.3) is 5.65 Å². The summed E-state index contributed by atoms with van der Waals surface area (Å²) in [4.78, 5) is 4.33. The fourth-order valence-corrected chi connectivity index (χ4v) is 1.65. The number of rotatable bonds is 2. The first kappa shape index (κ1) is 10.4. The van der Waals surface area contributed by atoms with Crippen molar-refractivity contribution in [2.75, 3.05) is 16.8 Å². The molecule has 18 heavy (non-hydrogen) atoms. The first-order valence-corrected chi connectivity index (χ1v) is 5.45. The van der Waals surface area contributed by atoms with Gasteiger partial charge in [-0.2, -0.15) is 4.98 Å². The molecule has 0 saturated carbocycles. The monoisotopic (exact) mass is 240 g/mol. The predicted octanol–water partition coefficient (Wildman–Crippen LogP) is 1.64. The van der Waals surface area contributed by atoms with E-state index < -0.39 is 0 Å². The molecule has 0 atom stereocenters. The van der Waals surface area contributed by atoms with Gasteiger partial charge in [0, 0.05) is 11.4 Å². The van der Waals surface area contributed by atoms with Gasteiger partial charge in [-0.1, -0.05) is 0 Å². The lowest BCUT2D eigenvalue weighted by molar-refractivity contribution is 0.968. The van der Waals surface area contributed by atoms with Crippen LogP contribution in [0.4, 0.5) is 23.0 Å². The van der Waals surface area contributed by atoms with E-state index in [9.17, 15) is 0 Å². The van der Waals surface area contributed by atoms with Gasteiger partial charge in [-0.3, -0.25) is 0 Å². The number of aromatic nitrogens is 3. The largest absolute Gasteiger partial charge is 0.399 e. The van der Waals surface area contributed by atoms with Crippen LogP contribution in [0.3, 0.4) is 0 Å². The quantitative estimate of drug-likeness (QED) is 0.592. The highest BCUT2D eigenvalue weighted by atomic mass is 15.3. The molecule has 3 rings (SSSR count). The first-order chi connectivity index (χ1) is 8.70. The van der Waals surface area contributed by atoms with Crippen molar-refractivity contribution in [3.63, 3.8) is 0 Å². The standard InChI is InChI=1S/C12H12N6/c13-8-1-4-10(5-2-8)15-12-16-11-6-3-9(14)7-18(11)17-12/h1-7H,13-14H2,(H,15,17). The van der Waals surface area contributed by atoms with Crippen LogP contribution in [0.15, 0.2) is 42.6 Å². The van der Waals surface area contributed by atoms with Crippen molar-refractivity contribution in [2.45, 2.75) is 0 Å². The molecular formula is C12H12N6. The fourth-order valence-electron chi connectivity index (χ4n) is 1.65. The van der Waals surface area contributed by atoms with Crippen LogP contribution in [0.2, 0.25) is 0 Å². The van der Waals surface area contributed by atoms with Crippen LogP contribution < -0.4 is 16.8 Å². The number of fused-ring (bicyclic) bond motifs is 1. The number of nitrogen functional groups attached to an aromatic ring is 2. The van der Waals surface area contributed by atoms with E-state index in [1.807, 2.05) is 30.3 Å². The molecular weight excluding hydrogens is 228 g/mol. The second-order valence-corrected chi connectivity index (χ2v) is 3.95. The summed E-state index contributed by atoms with van der Waals surface area (Å²) >= 11 is 0. The molecule has 0 bridgehead atoms. The number of hydrogen-bond donors (Lipinski definition) is 3. The normalized spacial score (nSPS) is 10.7. The van der Waals surface area contributed by atoms with E-state index in [4.69, 9.17) is 11.5 Å². The van der Waals surface area contributed by atoms with Gasteiger partial charge in [0.15, 0.2) is 5.65 Å². The summed E-state index contributed by atoms with van der Waals surface area (Å²) in [5.41, 5.74) is 14.3. The van der Waals surface area contributed by atoms with E-state index in [2.05, 4.69) is 15.4 Å². The van der Waals surface area contributed by atoms with Crippen molar-refractivity contribution in [3.05, 3.63) is 42.6 Å². The van der Waals surface area contributed by atoms with E-state index >= 15 is 0 Å². The van der Waals surface area contributed by atoms with Crippen molar-refractivity contribution in [3.8, 4) is 0 Å². The Morgan fingerprint density at radius 1 is 0.944 bits per heavy atom. The number of hydrogen-bond acceptors (Lipinski definition) is 5. The third-order valence-electron chi connectivity index (χ3n) is 2.52. The van der Waals surface area contributed by atoms with Gasteiger partial charge >= 0.3 is 0 Å².